The molecule has 0 unspecified atom stereocenters. The van der Waals surface area contributed by atoms with Crippen molar-refractivity contribution in [1.82, 2.24) is 10.2 Å². The van der Waals surface area contributed by atoms with Gasteiger partial charge in [0.1, 0.15) is 5.41 Å². The van der Waals surface area contributed by atoms with Crippen molar-refractivity contribution in [3.63, 3.8) is 0 Å². The number of nitrogens with zero attached hydrogens (tertiary/aromatic N) is 1. The summed E-state index contributed by atoms with van der Waals surface area (Å²) in [6.45, 7) is 0. The summed E-state index contributed by atoms with van der Waals surface area (Å²) in [7, 11) is 0. The number of carboxylic acid groups (broad SMARTS) is 1. The van der Waals surface area contributed by atoms with Gasteiger partial charge in [0.25, 0.3) is 0 Å². The average molecular weight is 202 g/mol. The molecule has 1 saturated carbocycles. The van der Waals surface area contributed by atoms with Crippen molar-refractivity contribution in [2.75, 3.05) is 0 Å². The van der Waals surface area contributed by atoms with Gasteiger partial charge in [-0.3, -0.25) is 9.89 Å². The molecule has 1 fully saturated rings. The summed E-state index contributed by atoms with van der Waals surface area (Å²) in [5.41, 5.74) is 0.890. The molecule has 1 aromatic heterocycles. The Balaban J connectivity index is 2.24. The molecule has 0 atom stereocenters. The van der Waals surface area contributed by atoms with Gasteiger partial charge in [0.15, 0.2) is 0 Å². The number of aromatic amines is 1. The van der Waals surface area contributed by atoms with Crippen LogP contribution in [0.3, 0.4) is 0 Å². The number of para-hydroxylation sites is 1. The van der Waals surface area contributed by atoms with Gasteiger partial charge in [-0.1, -0.05) is 18.2 Å². The van der Waals surface area contributed by atoms with Crippen LogP contribution in [0, 0.1) is 0 Å². The fourth-order valence-corrected chi connectivity index (χ4v) is 2.02. The molecular formula is C11H10N2O2. The number of H-pyrrole nitrogens is 1. The summed E-state index contributed by atoms with van der Waals surface area (Å²) >= 11 is 0. The van der Waals surface area contributed by atoms with Gasteiger partial charge in [0.2, 0.25) is 0 Å². The maximum absolute atomic E-state index is 11.2. The van der Waals surface area contributed by atoms with Crippen LogP contribution in [-0.4, -0.2) is 21.3 Å². The van der Waals surface area contributed by atoms with E-state index in [1.54, 1.807) is 0 Å². The van der Waals surface area contributed by atoms with Gasteiger partial charge in [-0.25, -0.2) is 0 Å². The van der Waals surface area contributed by atoms with Gasteiger partial charge < -0.3 is 5.11 Å². The zero-order valence-electron chi connectivity index (χ0n) is 8.03. The zero-order chi connectivity index (χ0) is 10.5. The van der Waals surface area contributed by atoms with Crippen LogP contribution in [0.4, 0.5) is 0 Å². The second kappa shape index (κ2) is 2.59. The first-order valence-corrected chi connectivity index (χ1v) is 4.91. The molecule has 1 aliphatic rings. The normalized spacial score (nSPS) is 17.9. The van der Waals surface area contributed by atoms with E-state index in [2.05, 4.69) is 10.2 Å². The fourth-order valence-electron chi connectivity index (χ4n) is 2.02. The fraction of sp³-hybridized carbons (Fsp3) is 0.273. The molecule has 76 valence electrons. The first-order valence-electron chi connectivity index (χ1n) is 4.91. The highest BCUT2D eigenvalue weighted by atomic mass is 16.4. The zero-order valence-corrected chi connectivity index (χ0v) is 8.03. The number of hydrogen-bond donors (Lipinski definition) is 2. The van der Waals surface area contributed by atoms with Crippen LogP contribution in [0.15, 0.2) is 24.3 Å². The van der Waals surface area contributed by atoms with Gasteiger partial charge in [-0.2, -0.15) is 5.10 Å². The van der Waals surface area contributed by atoms with Crippen LogP contribution in [-0.2, 0) is 10.2 Å². The maximum Gasteiger partial charge on any atom is 0.315 e. The molecule has 0 bridgehead atoms. The number of nitrogens with one attached hydrogen (secondary N) is 1. The van der Waals surface area contributed by atoms with E-state index in [4.69, 9.17) is 0 Å². The first-order chi connectivity index (χ1) is 7.24. The molecule has 1 aromatic carbocycles. The van der Waals surface area contributed by atoms with Gasteiger partial charge in [-0.15, -0.1) is 0 Å². The Kier molecular flexibility index (Phi) is 1.46. The Labute approximate surface area is 85.9 Å². The molecular weight excluding hydrogens is 192 g/mol. The van der Waals surface area contributed by atoms with Gasteiger partial charge >= 0.3 is 5.97 Å². The van der Waals surface area contributed by atoms with Crippen LogP contribution in [0.2, 0.25) is 0 Å². The number of fused-ring (bicyclic) bond motifs is 1. The van der Waals surface area contributed by atoms with Gasteiger partial charge in [-0.05, 0) is 18.9 Å². The molecule has 0 aliphatic heterocycles. The van der Waals surface area contributed by atoms with Crippen molar-refractivity contribution in [2.24, 2.45) is 0 Å². The molecule has 15 heavy (non-hydrogen) atoms. The highest BCUT2D eigenvalue weighted by molar-refractivity contribution is 5.92. The van der Waals surface area contributed by atoms with Crippen molar-refractivity contribution in [1.29, 1.82) is 0 Å². The summed E-state index contributed by atoms with van der Waals surface area (Å²) in [6.07, 6.45) is 1.41. The minimum Gasteiger partial charge on any atom is -0.481 e. The van der Waals surface area contributed by atoms with Crippen molar-refractivity contribution in [3.8, 4) is 0 Å². The molecule has 3 rings (SSSR count). The molecule has 1 aliphatic carbocycles. The number of benzene rings is 1. The van der Waals surface area contributed by atoms with Gasteiger partial charge in [0, 0.05) is 5.39 Å². The molecule has 4 nitrogen and oxygen atoms in total. The van der Waals surface area contributed by atoms with Crippen LogP contribution in [0.25, 0.3) is 10.9 Å². The molecule has 2 N–H and O–H groups in total. The van der Waals surface area contributed by atoms with E-state index >= 15 is 0 Å². The quantitative estimate of drug-likeness (QED) is 0.778. The highest BCUT2D eigenvalue weighted by Gasteiger charge is 2.53. The Morgan fingerprint density at radius 3 is 2.80 bits per heavy atom. The Hall–Kier alpha value is -1.84. The smallest absolute Gasteiger partial charge is 0.315 e. The molecule has 0 radical (unpaired) electrons. The molecule has 2 aromatic rings. The van der Waals surface area contributed by atoms with Crippen LogP contribution in [0.1, 0.15) is 18.5 Å². The minimum atomic E-state index is -0.753. The predicted molar refractivity (Wildman–Crippen MR) is 54.6 cm³/mol. The van der Waals surface area contributed by atoms with Gasteiger partial charge in [0.05, 0.1) is 11.2 Å². The SMILES string of the molecule is O=C(O)C1(c2[nH]nc3ccccc23)CC1. The van der Waals surface area contributed by atoms with Crippen LogP contribution >= 0.6 is 0 Å². The lowest BCUT2D eigenvalue weighted by atomic mass is 9.99. The molecule has 1 heterocycles. The van der Waals surface area contributed by atoms with E-state index in [-0.39, 0.29) is 0 Å². The first kappa shape index (κ1) is 8.47. The highest BCUT2D eigenvalue weighted by Crippen LogP contribution is 2.49. The van der Waals surface area contributed by atoms with E-state index in [1.165, 1.54) is 0 Å². The van der Waals surface area contributed by atoms with E-state index < -0.39 is 11.4 Å². The van der Waals surface area contributed by atoms with E-state index in [9.17, 15) is 9.90 Å². The summed E-state index contributed by atoms with van der Waals surface area (Å²) in [5, 5.41) is 17.1. The number of rotatable bonds is 2. The summed E-state index contributed by atoms with van der Waals surface area (Å²) in [4.78, 5) is 11.2. The number of aliphatic carboxylic acids is 1. The number of carbonyl (C=O) groups is 1. The van der Waals surface area contributed by atoms with Crippen LogP contribution < -0.4 is 0 Å². The van der Waals surface area contributed by atoms with Crippen molar-refractivity contribution < 1.29 is 9.90 Å². The second-order valence-corrected chi connectivity index (χ2v) is 4.00. The standard InChI is InChI=1S/C11H10N2O2/c14-10(15)11(5-6-11)9-7-3-1-2-4-8(7)12-13-9/h1-4H,5-6H2,(H,12,13)(H,14,15). The topological polar surface area (TPSA) is 66.0 Å². The lowest BCUT2D eigenvalue weighted by Crippen LogP contribution is -2.20. The van der Waals surface area contributed by atoms with Crippen molar-refractivity contribution in [2.45, 2.75) is 18.3 Å². The van der Waals surface area contributed by atoms with E-state index in [0.717, 1.165) is 16.6 Å². The number of aromatic nitrogens is 2. The third-order valence-electron chi connectivity index (χ3n) is 3.10. The summed E-state index contributed by atoms with van der Waals surface area (Å²) in [5.74, 6) is -0.753. The molecule has 0 saturated heterocycles. The lowest BCUT2D eigenvalue weighted by molar-refractivity contribution is -0.140. The summed E-state index contributed by atoms with van der Waals surface area (Å²) < 4.78 is 0. The lowest BCUT2D eigenvalue weighted by Gasteiger charge is -2.06. The third-order valence-corrected chi connectivity index (χ3v) is 3.10. The molecule has 4 heteroatoms. The van der Waals surface area contributed by atoms with E-state index in [1.807, 2.05) is 24.3 Å². The molecule has 0 amide bonds. The number of hydrogen-bond acceptors (Lipinski definition) is 2. The monoisotopic (exact) mass is 202 g/mol. The number of carboxylic acids is 1. The maximum atomic E-state index is 11.2. The molecule has 0 spiro atoms. The van der Waals surface area contributed by atoms with Crippen LogP contribution in [0.5, 0.6) is 0 Å². The van der Waals surface area contributed by atoms with Crippen molar-refractivity contribution >= 4 is 16.9 Å². The largest absolute Gasteiger partial charge is 0.481 e. The minimum absolute atomic E-state index is 0.698. The average Bonchev–Trinajstić information content (AvgIpc) is 2.93. The third kappa shape index (κ3) is 1.02. The van der Waals surface area contributed by atoms with E-state index in [0.29, 0.717) is 12.8 Å². The summed E-state index contributed by atoms with van der Waals surface area (Å²) in [6, 6.07) is 7.59. The Morgan fingerprint density at radius 1 is 1.40 bits per heavy atom. The Bertz CT molecular complexity index is 540. The second-order valence-electron chi connectivity index (χ2n) is 4.00. The van der Waals surface area contributed by atoms with Crippen molar-refractivity contribution in [3.05, 3.63) is 30.0 Å². The predicted octanol–water partition coefficient (Wildman–Crippen LogP) is 1.68. The Morgan fingerprint density at radius 2 is 2.13 bits per heavy atom.